The van der Waals surface area contributed by atoms with Crippen molar-refractivity contribution in [2.45, 2.75) is 39.5 Å². The molecule has 0 fully saturated rings. The van der Waals surface area contributed by atoms with Gasteiger partial charge in [-0.25, -0.2) is 0 Å². The summed E-state index contributed by atoms with van der Waals surface area (Å²) in [7, 11) is 2.02. The number of amidine groups is 1. The first-order valence-corrected chi connectivity index (χ1v) is 6.48. The highest BCUT2D eigenvalue weighted by molar-refractivity contribution is 5.88. The highest BCUT2D eigenvalue weighted by atomic mass is 16.4. The maximum atomic E-state index is 10.9. The number of rotatable bonds is 6. The monoisotopic (exact) mass is 240 g/mol. The van der Waals surface area contributed by atoms with Gasteiger partial charge < -0.3 is 10.0 Å². The molecule has 1 atom stereocenters. The van der Waals surface area contributed by atoms with Crippen LogP contribution in [-0.2, 0) is 4.79 Å². The molecule has 0 saturated carbocycles. The SMILES string of the molecule is CC(C)CCC(CC(=O)O)C1=NCCCN1C. The minimum absolute atomic E-state index is 0.0835. The van der Waals surface area contributed by atoms with Crippen LogP contribution in [0.3, 0.4) is 0 Å². The van der Waals surface area contributed by atoms with Crippen LogP contribution in [0, 0.1) is 11.8 Å². The van der Waals surface area contributed by atoms with Crippen molar-refractivity contribution in [1.29, 1.82) is 0 Å². The lowest BCUT2D eigenvalue weighted by Gasteiger charge is -2.30. The molecule has 0 bridgehead atoms. The predicted molar refractivity (Wildman–Crippen MR) is 69.4 cm³/mol. The van der Waals surface area contributed by atoms with Gasteiger partial charge in [-0.3, -0.25) is 9.79 Å². The third-order valence-corrected chi connectivity index (χ3v) is 3.20. The van der Waals surface area contributed by atoms with Crippen LogP contribution >= 0.6 is 0 Å². The molecular weight excluding hydrogens is 216 g/mol. The molecule has 0 aliphatic carbocycles. The van der Waals surface area contributed by atoms with Crippen LogP contribution in [0.2, 0.25) is 0 Å². The van der Waals surface area contributed by atoms with Gasteiger partial charge in [-0.15, -0.1) is 0 Å². The second kappa shape index (κ2) is 6.62. The van der Waals surface area contributed by atoms with Crippen LogP contribution in [0.15, 0.2) is 4.99 Å². The molecule has 98 valence electrons. The zero-order valence-electron chi connectivity index (χ0n) is 11.1. The van der Waals surface area contributed by atoms with Crippen LogP contribution in [0.1, 0.15) is 39.5 Å². The lowest BCUT2D eigenvalue weighted by Crippen LogP contribution is -2.38. The van der Waals surface area contributed by atoms with E-state index in [1.807, 2.05) is 7.05 Å². The van der Waals surface area contributed by atoms with E-state index in [-0.39, 0.29) is 12.3 Å². The molecule has 0 aromatic carbocycles. The molecule has 4 heteroatoms. The largest absolute Gasteiger partial charge is 0.481 e. The van der Waals surface area contributed by atoms with Crippen molar-refractivity contribution in [2.75, 3.05) is 20.1 Å². The Morgan fingerprint density at radius 3 is 2.71 bits per heavy atom. The maximum Gasteiger partial charge on any atom is 0.304 e. The Kier molecular flexibility index (Phi) is 5.45. The van der Waals surface area contributed by atoms with E-state index >= 15 is 0 Å². The minimum atomic E-state index is -0.722. The van der Waals surface area contributed by atoms with E-state index in [2.05, 4.69) is 23.7 Å². The maximum absolute atomic E-state index is 10.9. The number of hydrogen-bond donors (Lipinski definition) is 1. The van der Waals surface area contributed by atoms with Gasteiger partial charge in [-0.05, 0) is 18.8 Å². The van der Waals surface area contributed by atoms with Crippen molar-refractivity contribution in [3.05, 3.63) is 0 Å². The predicted octanol–water partition coefficient (Wildman–Crippen LogP) is 2.25. The molecule has 0 amide bonds. The van der Waals surface area contributed by atoms with Gasteiger partial charge in [-0.2, -0.15) is 0 Å². The molecule has 0 spiro atoms. The van der Waals surface area contributed by atoms with Crippen molar-refractivity contribution in [2.24, 2.45) is 16.8 Å². The molecule has 1 rings (SSSR count). The van der Waals surface area contributed by atoms with Gasteiger partial charge in [0.1, 0.15) is 5.84 Å². The van der Waals surface area contributed by atoms with E-state index < -0.39 is 5.97 Å². The summed E-state index contributed by atoms with van der Waals surface area (Å²) in [6, 6.07) is 0. The van der Waals surface area contributed by atoms with Gasteiger partial charge in [0.05, 0.1) is 6.42 Å². The topological polar surface area (TPSA) is 52.9 Å². The highest BCUT2D eigenvalue weighted by Crippen LogP contribution is 2.20. The molecule has 1 N–H and O–H groups in total. The first kappa shape index (κ1) is 14.0. The van der Waals surface area contributed by atoms with Gasteiger partial charge in [0.15, 0.2) is 0 Å². The van der Waals surface area contributed by atoms with Crippen molar-refractivity contribution in [1.82, 2.24) is 4.90 Å². The van der Waals surface area contributed by atoms with Crippen LogP contribution in [0.5, 0.6) is 0 Å². The Morgan fingerprint density at radius 1 is 1.47 bits per heavy atom. The first-order valence-electron chi connectivity index (χ1n) is 6.48. The normalized spacial score (nSPS) is 18.1. The summed E-state index contributed by atoms with van der Waals surface area (Å²) in [6.45, 7) is 6.18. The molecule has 0 saturated heterocycles. The number of aliphatic carboxylic acids is 1. The van der Waals surface area contributed by atoms with Crippen molar-refractivity contribution >= 4 is 11.8 Å². The molecule has 1 aliphatic rings. The number of hydrogen-bond acceptors (Lipinski definition) is 3. The van der Waals surface area contributed by atoms with E-state index in [9.17, 15) is 4.79 Å². The van der Waals surface area contributed by atoms with Gasteiger partial charge in [0.25, 0.3) is 0 Å². The lowest BCUT2D eigenvalue weighted by atomic mass is 9.93. The zero-order valence-corrected chi connectivity index (χ0v) is 11.1. The Balaban J connectivity index is 2.66. The Labute approximate surface area is 104 Å². The van der Waals surface area contributed by atoms with Gasteiger partial charge in [0.2, 0.25) is 0 Å². The molecule has 1 aliphatic heterocycles. The number of nitrogens with zero attached hydrogens (tertiary/aromatic N) is 2. The van der Waals surface area contributed by atoms with Crippen molar-refractivity contribution < 1.29 is 9.90 Å². The second-order valence-corrected chi connectivity index (χ2v) is 5.28. The summed E-state index contributed by atoms with van der Waals surface area (Å²) in [4.78, 5) is 17.6. The fraction of sp³-hybridized carbons (Fsp3) is 0.846. The van der Waals surface area contributed by atoms with Crippen LogP contribution < -0.4 is 0 Å². The van der Waals surface area contributed by atoms with Crippen LogP contribution in [0.25, 0.3) is 0 Å². The molecule has 4 nitrogen and oxygen atoms in total. The number of aliphatic imine (C=N–C) groups is 1. The van der Waals surface area contributed by atoms with Gasteiger partial charge >= 0.3 is 5.97 Å². The van der Waals surface area contributed by atoms with Crippen molar-refractivity contribution in [3.8, 4) is 0 Å². The van der Waals surface area contributed by atoms with Crippen molar-refractivity contribution in [3.63, 3.8) is 0 Å². The summed E-state index contributed by atoms with van der Waals surface area (Å²) in [5, 5.41) is 8.99. The fourth-order valence-electron chi connectivity index (χ4n) is 2.25. The van der Waals surface area contributed by atoms with E-state index in [0.29, 0.717) is 5.92 Å². The summed E-state index contributed by atoms with van der Waals surface area (Å²) >= 11 is 0. The van der Waals surface area contributed by atoms with Gasteiger partial charge in [-0.1, -0.05) is 20.3 Å². The smallest absolute Gasteiger partial charge is 0.304 e. The second-order valence-electron chi connectivity index (χ2n) is 5.28. The zero-order chi connectivity index (χ0) is 12.8. The number of carbonyl (C=O) groups is 1. The highest BCUT2D eigenvalue weighted by Gasteiger charge is 2.24. The molecule has 17 heavy (non-hydrogen) atoms. The summed E-state index contributed by atoms with van der Waals surface area (Å²) in [5.41, 5.74) is 0. The fourth-order valence-corrected chi connectivity index (χ4v) is 2.25. The Morgan fingerprint density at radius 2 is 2.18 bits per heavy atom. The summed E-state index contributed by atoms with van der Waals surface area (Å²) in [5.74, 6) is 0.973. The van der Waals surface area contributed by atoms with E-state index in [4.69, 9.17) is 5.11 Å². The number of carboxylic acid groups (broad SMARTS) is 1. The molecule has 1 heterocycles. The Hall–Kier alpha value is -1.06. The molecular formula is C13H24N2O2. The summed E-state index contributed by atoms with van der Waals surface area (Å²) < 4.78 is 0. The molecule has 0 aromatic rings. The Bertz CT molecular complexity index is 287. The molecule has 0 aromatic heterocycles. The summed E-state index contributed by atoms with van der Waals surface area (Å²) in [6.07, 6.45) is 3.26. The number of carboxylic acids is 1. The lowest BCUT2D eigenvalue weighted by molar-refractivity contribution is -0.137. The standard InChI is InChI=1S/C13H24N2O2/c1-10(2)5-6-11(9-12(16)17)13-14-7-4-8-15(13)3/h10-11H,4-9H2,1-3H3,(H,16,17). The van der Waals surface area contributed by atoms with E-state index in [0.717, 1.165) is 38.2 Å². The quantitative estimate of drug-likeness (QED) is 0.774. The molecule has 0 radical (unpaired) electrons. The first-order chi connectivity index (χ1) is 8.00. The minimum Gasteiger partial charge on any atom is -0.481 e. The third kappa shape index (κ3) is 4.75. The third-order valence-electron chi connectivity index (χ3n) is 3.20. The van der Waals surface area contributed by atoms with E-state index in [1.165, 1.54) is 0 Å². The van der Waals surface area contributed by atoms with Crippen LogP contribution in [0.4, 0.5) is 0 Å². The van der Waals surface area contributed by atoms with E-state index in [1.54, 1.807) is 0 Å². The van der Waals surface area contributed by atoms with Gasteiger partial charge in [0, 0.05) is 26.1 Å². The molecule has 1 unspecified atom stereocenters. The van der Waals surface area contributed by atoms with Crippen LogP contribution in [-0.4, -0.2) is 41.9 Å². The average Bonchev–Trinajstić information content (AvgIpc) is 2.24. The average molecular weight is 240 g/mol.